The number of carbonyl (C=O) groups excluding carboxylic acids is 1. The first kappa shape index (κ1) is 18.9. The molecule has 5 heteroatoms. The third kappa shape index (κ3) is 4.65. The molecule has 0 bridgehead atoms. The predicted molar refractivity (Wildman–Crippen MR) is 104 cm³/mol. The lowest BCUT2D eigenvalue weighted by molar-refractivity contribution is -0.927. The summed E-state index contributed by atoms with van der Waals surface area (Å²) in [7, 11) is 0. The van der Waals surface area contributed by atoms with Crippen LogP contribution < -0.4 is 4.90 Å². The maximum atomic E-state index is 13.2. The van der Waals surface area contributed by atoms with Crippen LogP contribution in [0.1, 0.15) is 30.3 Å². The van der Waals surface area contributed by atoms with Gasteiger partial charge in [0.05, 0.1) is 6.04 Å². The Balaban J connectivity index is 1.69. The first-order valence-electron chi connectivity index (χ1n) is 9.09. The van der Waals surface area contributed by atoms with Gasteiger partial charge in [-0.2, -0.15) is 0 Å². The van der Waals surface area contributed by atoms with Gasteiger partial charge in [0.1, 0.15) is 17.7 Å². The van der Waals surface area contributed by atoms with Crippen molar-refractivity contribution >= 4 is 17.7 Å². The van der Waals surface area contributed by atoms with Crippen LogP contribution in [0.2, 0.25) is 0 Å². The van der Waals surface area contributed by atoms with E-state index in [0.29, 0.717) is 12.6 Å². The number of hydrogen-bond acceptors (Lipinski definition) is 2. The number of hydrogen-bond donors (Lipinski definition) is 1. The summed E-state index contributed by atoms with van der Waals surface area (Å²) in [5.74, 6) is 0.848. The number of benzene rings is 2. The van der Waals surface area contributed by atoms with Crippen LogP contribution in [0.3, 0.4) is 0 Å². The van der Waals surface area contributed by atoms with E-state index in [1.165, 1.54) is 22.6 Å². The molecule has 26 heavy (non-hydrogen) atoms. The molecule has 1 aliphatic heterocycles. The van der Waals surface area contributed by atoms with Gasteiger partial charge in [-0.1, -0.05) is 42.5 Å². The van der Waals surface area contributed by atoms with Crippen molar-refractivity contribution in [3.63, 3.8) is 0 Å². The molecule has 1 N–H and O–H groups in total. The molecule has 3 rings (SSSR count). The minimum absolute atomic E-state index is 0.00626. The number of halogens is 1. The normalized spacial score (nSPS) is 18.3. The summed E-state index contributed by atoms with van der Waals surface area (Å²) < 4.78 is 13.2. The summed E-state index contributed by atoms with van der Waals surface area (Å²) >= 11 is 1.75. The molecule has 0 radical (unpaired) electrons. The largest absolute Gasteiger partial charge is 0.321 e. The second-order valence-electron chi connectivity index (χ2n) is 7.01. The zero-order chi connectivity index (χ0) is 18.5. The van der Waals surface area contributed by atoms with E-state index < -0.39 is 0 Å². The average molecular weight is 374 g/mol. The highest BCUT2D eigenvalue weighted by Gasteiger charge is 2.33. The van der Waals surface area contributed by atoms with Gasteiger partial charge < -0.3 is 9.80 Å². The van der Waals surface area contributed by atoms with E-state index in [4.69, 9.17) is 0 Å². The highest BCUT2D eigenvalue weighted by molar-refractivity contribution is 7.99. The van der Waals surface area contributed by atoms with Crippen LogP contribution in [0.25, 0.3) is 0 Å². The number of nitrogens with zero attached hydrogens (tertiary/aromatic N) is 1. The van der Waals surface area contributed by atoms with Crippen LogP contribution in [-0.2, 0) is 11.3 Å². The maximum Gasteiger partial charge on any atom is 0.278 e. The number of nitrogens with one attached hydrogen (secondary N) is 1. The van der Waals surface area contributed by atoms with Crippen molar-refractivity contribution < 1.29 is 14.1 Å². The Kier molecular flexibility index (Phi) is 6.33. The molecule has 1 amide bonds. The monoisotopic (exact) mass is 373 g/mol. The summed E-state index contributed by atoms with van der Waals surface area (Å²) in [6.45, 7) is 6.38. The van der Waals surface area contributed by atoms with E-state index in [1.54, 1.807) is 23.9 Å². The molecule has 138 valence electrons. The van der Waals surface area contributed by atoms with E-state index in [2.05, 4.69) is 26.0 Å². The molecule has 2 atom stereocenters. The van der Waals surface area contributed by atoms with Crippen LogP contribution in [0, 0.1) is 5.82 Å². The van der Waals surface area contributed by atoms with E-state index in [9.17, 15) is 9.18 Å². The minimum Gasteiger partial charge on any atom is -0.321 e. The lowest BCUT2D eigenvalue weighted by atomic mass is 10.1. The Labute approximate surface area is 159 Å². The van der Waals surface area contributed by atoms with Gasteiger partial charge in [0.2, 0.25) is 0 Å². The fraction of sp³-hybridized carbons (Fsp3) is 0.381. The topological polar surface area (TPSA) is 24.8 Å². The van der Waals surface area contributed by atoms with E-state index in [0.717, 1.165) is 24.4 Å². The van der Waals surface area contributed by atoms with Gasteiger partial charge in [-0.15, -0.1) is 11.8 Å². The standard InChI is InChI=1S/C21H25FN2OS/c1-16(2)23(14-17-6-4-3-5-7-17)15-20(25)24-12-13-26-21(24)18-8-10-19(22)11-9-18/h3-11,16,21H,12-15H2,1-2H3/p+1/t21-/m0/s1. The average Bonchev–Trinajstić information content (AvgIpc) is 3.12. The fourth-order valence-electron chi connectivity index (χ4n) is 3.25. The number of thioether (sulfide) groups is 1. The molecule has 1 saturated heterocycles. The molecule has 3 nitrogen and oxygen atoms in total. The first-order chi connectivity index (χ1) is 12.5. The smallest absolute Gasteiger partial charge is 0.278 e. The van der Waals surface area contributed by atoms with Crippen LogP contribution in [0.15, 0.2) is 54.6 Å². The first-order valence-corrected chi connectivity index (χ1v) is 10.1. The molecule has 0 aliphatic carbocycles. The Bertz CT molecular complexity index is 721. The fourth-order valence-corrected chi connectivity index (χ4v) is 4.53. The molecule has 2 aromatic rings. The van der Waals surface area contributed by atoms with Gasteiger partial charge in [0, 0.05) is 17.9 Å². The number of quaternary nitrogens is 1. The SMILES string of the molecule is CC(C)[NH+](CC(=O)N1CCS[C@H]1c1ccc(F)cc1)Cc1ccccc1. The number of carbonyl (C=O) groups is 1. The van der Waals surface area contributed by atoms with Crippen molar-refractivity contribution in [2.75, 3.05) is 18.8 Å². The molecular formula is C21H26FN2OS+. The summed E-state index contributed by atoms with van der Waals surface area (Å²) in [5, 5.41) is -0.00626. The highest BCUT2D eigenvalue weighted by atomic mass is 32.2. The Morgan fingerprint density at radius 3 is 2.54 bits per heavy atom. The van der Waals surface area contributed by atoms with Crippen molar-refractivity contribution in [1.29, 1.82) is 0 Å². The molecular weight excluding hydrogens is 347 g/mol. The lowest BCUT2D eigenvalue weighted by Gasteiger charge is -2.28. The Morgan fingerprint density at radius 2 is 1.88 bits per heavy atom. The van der Waals surface area contributed by atoms with Gasteiger partial charge in [-0.05, 0) is 31.5 Å². The molecule has 1 heterocycles. The van der Waals surface area contributed by atoms with Crippen LogP contribution in [0.5, 0.6) is 0 Å². The van der Waals surface area contributed by atoms with Gasteiger partial charge in [-0.25, -0.2) is 4.39 Å². The molecule has 1 unspecified atom stereocenters. The van der Waals surface area contributed by atoms with Crippen molar-refractivity contribution in [3.05, 3.63) is 71.5 Å². The molecule has 2 aromatic carbocycles. The minimum atomic E-state index is -0.243. The molecule has 0 aromatic heterocycles. The van der Waals surface area contributed by atoms with Crippen LogP contribution in [0.4, 0.5) is 4.39 Å². The van der Waals surface area contributed by atoms with Crippen molar-refractivity contribution in [3.8, 4) is 0 Å². The highest BCUT2D eigenvalue weighted by Crippen LogP contribution is 2.37. The summed E-state index contributed by atoms with van der Waals surface area (Å²) in [5.41, 5.74) is 2.24. The molecule has 1 fully saturated rings. The zero-order valence-corrected chi connectivity index (χ0v) is 16.1. The van der Waals surface area contributed by atoms with Gasteiger partial charge in [0.15, 0.2) is 6.54 Å². The maximum absolute atomic E-state index is 13.2. The summed E-state index contributed by atoms with van der Waals surface area (Å²) in [6.07, 6.45) is 0. The quantitative estimate of drug-likeness (QED) is 0.842. The lowest BCUT2D eigenvalue weighted by Crippen LogP contribution is -3.14. The van der Waals surface area contributed by atoms with Crippen LogP contribution in [-0.4, -0.2) is 35.7 Å². The van der Waals surface area contributed by atoms with Crippen molar-refractivity contribution in [2.24, 2.45) is 0 Å². The van der Waals surface area contributed by atoms with Gasteiger partial charge >= 0.3 is 0 Å². The molecule has 0 spiro atoms. The van der Waals surface area contributed by atoms with Gasteiger partial charge in [0.25, 0.3) is 5.91 Å². The Hall–Kier alpha value is -1.85. The third-order valence-electron chi connectivity index (χ3n) is 4.84. The zero-order valence-electron chi connectivity index (χ0n) is 15.3. The van der Waals surface area contributed by atoms with E-state index in [1.807, 2.05) is 23.1 Å². The number of rotatable bonds is 6. The summed E-state index contributed by atoms with van der Waals surface area (Å²) in [6, 6.07) is 17.2. The van der Waals surface area contributed by atoms with E-state index in [-0.39, 0.29) is 17.1 Å². The van der Waals surface area contributed by atoms with Crippen LogP contribution >= 0.6 is 11.8 Å². The van der Waals surface area contributed by atoms with E-state index >= 15 is 0 Å². The van der Waals surface area contributed by atoms with Gasteiger partial charge in [-0.3, -0.25) is 4.79 Å². The third-order valence-corrected chi connectivity index (χ3v) is 6.10. The molecule has 1 aliphatic rings. The van der Waals surface area contributed by atoms with Crippen molar-refractivity contribution in [1.82, 2.24) is 4.90 Å². The second-order valence-corrected chi connectivity index (χ2v) is 8.20. The predicted octanol–water partition coefficient (Wildman–Crippen LogP) is 2.89. The number of amides is 1. The molecule has 0 saturated carbocycles. The van der Waals surface area contributed by atoms with Crippen molar-refractivity contribution in [2.45, 2.75) is 31.8 Å². The second kappa shape index (κ2) is 8.69. The Morgan fingerprint density at radius 1 is 1.19 bits per heavy atom. The summed E-state index contributed by atoms with van der Waals surface area (Å²) in [4.78, 5) is 16.2.